The van der Waals surface area contributed by atoms with Crippen LogP contribution in [0.1, 0.15) is 0 Å². The number of fused-ring (bicyclic) bond motifs is 7. The molecule has 0 saturated carbocycles. The molecule has 3 aromatic heterocycles. The van der Waals surface area contributed by atoms with E-state index in [1.165, 1.54) is 10.8 Å². The van der Waals surface area contributed by atoms with E-state index in [1.807, 2.05) is 48.5 Å². The van der Waals surface area contributed by atoms with Crippen molar-refractivity contribution in [1.82, 2.24) is 15.0 Å². The SMILES string of the molecule is c1ccc(-c2cc(-c3nc(-c4ccc(-c5ccc6ccccc6c5)cc4)nc(-c4ccc5oc6ccccc6c5c4)n3)cc3oc4ccccc4c23)cc1. The van der Waals surface area contributed by atoms with Crippen LogP contribution in [0.25, 0.3) is 111 Å². The van der Waals surface area contributed by atoms with Crippen molar-refractivity contribution in [2.75, 3.05) is 0 Å². The second-order valence-corrected chi connectivity index (χ2v) is 13.6. The maximum Gasteiger partial charge on any atom is 0.164 e. The molecule has 5 heteroatoms. The van der Waals surface area contributed by atoms with Crippen LogP contribution in [0, 0.1) is 0 Å². The number of furan rings is 2. The summed E-state index contributed by atoms with van der Waals surface area (Å²) in [4.78, 5) is 15.4. The molecule has 0 atom stereocenters. The van der Waals surface area contributed by atoms with Crippen LogP contribution in [0.5, 0.6) is 0 Å². The fourth-order valence-corrected chi connectivity index (χ4v) is 7.64. The molecule has 0 aliphatic heterocycles. The van der Waals surface area contributed by atoms with Crippen molar-refractivity contribution < 1.29 is 8.83 Å². The highest BCUT2D eigenvalue weighted by Crippen LogP contribution is 2.40. The lowest BCUT2D eigenvalue weighted by atomic mass is 9.96. The van der Waals surface area contributed by atoms with Gasteiger partial charge in [0.1, 0.15) is 22.3 Å². The number of nitrogens with zero attached hydrogens (tertiary/aromatic N) is 3. The van der Waals surface area contributed by atoms with Gasteiger partial charge in [-0.2, -0.15) is 0 Å². The summed E-state index contributed by atoms with van der Waals surface area (Å²) < 4.78 is 12.6. The van der Waals surface area contributed by atoms with Gasteiger partial charge >= 0.3 is 0 Å². The van der Waals surface area contributed by atoms with Crippen LogP contribution < -0.4 is 0 Å². The van der Waals surface area contributed by atoms with E-state index < -0.39 is 0 Å². The Morgan fingerprint density at radius 1 is 0.296 bits per heavy atom. The van der Waals surface area contributed by atoms with Gasteiger partial charge in [0.05, 0.1) is 0 Å². The summed E-state index contributed by atoms with van der Waals surface area (Å²) in [7, 11) is 0. The minimum absolute atomic E-state index is 0.560. The third-order valence-electron chi connectivity index (χ3n) is 10.3. The summed E-state index contributed by atoms with van der Waals surface area (Å²) in [6.07, 6.45) is 0. The van der Waals surface area contributed by atoms with Gasteiger partial charge in [-0.25, -0.2) is 15.0 Å². The van der Waals surface area contributed by atoms with Crippen molar-refractivity contribution in [2.45, 2.75) is 0 Å². The minimum Gasteiger partial charge on any atom is -0.456 e. The van der Waals surface area contributed by atoms with Crippen LogP contribution >= 0.6 is 0 Å². The summed E-state index contributed by atoms with van der Waals surface area (Å²) in [5.74, 6) is 1.72. The van der Waals surface area contributed by atoms with Gasteiger partial charge in [0.25, 0.3) is 0 Å². The first-order chi connectivity index (χ1) is 26.7. The standard InChI is InChI=1S/C49H29N3O2/c1-2-11-32(12-3-1)40-28-37(29-45-46(40)39-15-7-9-17-43(39)54-45)49-51-47(33-21-18-31(19-22-33)35-23-20-30-10-4-5-13-34(30)26-35)50-48(52-49)36-24-25-44-41(27-36)38-14-6-8-16-42(38)53-44/h1-29H. The largest absolute Gasteiger partial charge is 0.456 e. The molecule has 3 heterocycles. The van der Waals surface area contributed by atoms with Gasteiger partial charge in [-0.3, -0.25) is 0 Å². The highest BCUT2D eigenvalue weighted by Gasteiger charge is 2.19. The number of rotatable bonds is 5. The monoisotopic (exact) mass is 691 g/mol. The first kappa shape index (κ1) is 30.3. The van der Waals surface area contributed by atoms with Gasteiger partial charge in [0.15, 0.2) is 17.5 Å². The van der Waals surface area contributed by atoms with E-state index in [4.69, 9.17) is 23.8 Å². The molecule has 0 fully saturated rings. The molecule has 11 rings (SSSR count). The zero-order chi connectivity index (χ0) is 35.6. The first-order valence-corrected chi connectivity index (χ1v) is 18.0. The van der Waals surface area contributed by atoms with Crippen LogP contribution in [0.15, 0.2) is 185 Å². The first-order valence-electron chi connectivity index (χ1n) is 18.0. The minimum atomic E-state index is 0.560. The van der Waals surface area contributed by atoms with Crippen LogP contribution in [-0.4, -0.2) is 15.0 Å². The second kappa shape index (κ2) is 12.1. The van der Waals surface area contributed by atoms with Crippen molar-refractivity contribution in [1.29, 1.82) is 0 Å². The van der Waals surface area contributed by atoms with Crippen molar-refractivity contribution >= 4 is 54.6 Å². The number of hydrogen-bond donors (Lipinski definition) is 0. The molecule has 0 spiro atoms. The Bertz CT molecular complexity index is 3210. The van der Waals surface area contributed by atoms with Crippen molar-refractivity contribution in [3.05, 3.63) is 176 Å². The van der Waals surface area contributed by atoms with Crippen LogP contribution in [0.2, 0.25) is 0 Å². The van der Waals surface area contributed by atoms with Gasteiger partial charge in [-0.1, -0.05) is 127 Å². The highest BCUT2D eigenvalue weighted by atomic mass is 16.3. The molecule has 0 bridgehead atoms. The maximum absolute atomic E-state index is 6.49. The smallest absolute Gasteiger partial charge is 0.164 e. The predicted octanol–water partition coefficient (Wildman–Crippen LogP) is 13.2. The number of para-hydroxylation sites is 2. The molecule has 0 amide bonds. The summed E-state index contributed by atoms with van der Waals surface area (Å²) in [6.45, 7) is 0. The number of aromatic nitrogens is 3. The molecule has 8 aromatic carbocycles. The Balaban J connectivity index is 1.10. The Hall–Kier alpha value is -7.37. The molecular formula is C49H29N3O2. The molecule has 5 nitrogen and oxygen atoms in total. The molecule has 0 saturated heterocycles. The molecule has 54 heavy (non-hydrogen) atoms. The van der Waals surface area contributed by atoms with E-state index in [0.29, 0.717) is 17.5 Å². The van der Waals surface area contributed by atoms with Gasteiger partial charge in [0, 0.05) is 38.2 Å². The Kier molecular flexibility index (Phi) is 6.79. The third-order valence-corrected chi connectivity index (χ3v) is 10.3. The second-order valence-electron chi connectivity index (χ2n) is 13.6. The third kappa shape index (κ3) is 5.06. The molecule has 0 N–H and O–H groups in total. The molecule has 0 aliphatic carbocycles. The Morgan fingerprint density at radius 3 is 1.69 bits per heavy atom. The molecule has 0 aliphatic rings. The van der Waals surface area contributed by atoms with Gasteiger partial charge in [-0.15, -0.1) is 0 Å². The quantitative estimate of drug-likeness (QED) is 0.180. The van der Waals surface area contributed by atoms with E-state index in [1.54, 1.807) is 0 Å². The number of hydrogen-bond acceptors (Lipinski definition) is 5. The summed E-state index contributed by atoms with van der Waals surface area (Å²) >= 11 is 0. The van der Waals surface area contributed by atoms with Gasteiger partial charge < -0.3 is 8.83 Å². The molecule has 11 aromatic rings. The molecule has 0 unspecified atom stereocenters. The van der Waals surface area contributed by atoms with Crippen LogP contribution in [-0.2, 0) is 0 Å². The van der Waals surface area contributed by atoms with E-state index in [-0.39, 0.29) is 0 Å². The average Bonchev–Trinajstić information content (AvgIpc) is 3.81. The Morgan fingerprint density at radius 2 is 0.870 bits per heavy atom. The van der Waals surface area contributed by atoms with Crippen LogP contribution in [0.3, 0.4) is 0 Å². The lowest BCUT2D eigenvalue weighted by molar-refractivity contribution is 0.668. The summed E-state index contributed by atoms with van der Waals surface area (Å²) in [6, 6.07) is 60.6. The maximum atomic E-state index is 6.49. The lowest BCUT2D eigenvalue weighted by Gasteiger charge is -2.11. The average molecular weight is 692 g/mol. The van der Waals surface area contributed by atoms with E-state index >= 15 is 0 Å². The highest BCUT2D eigenvalue weighted by molar-refractivity contribution is 6.13. The van der Waals surface area contributed by atoms with Crippen LogP contribution in [0.4, 0.5) is 0 Å². The predicted molar refractivity (Wildman–Crippen MR) is 219 cm³/mol. The van der Waals surface area contributed by atoms with Crippen molar-refractivity contribution in [3.8, 4) is 56.4 Å². The topological polar surface area (TPSA) is 65.0 Å². The molecule has 0 radical (unpaired) electrons. The fraction of sp³-hybridized carbons (Fsp3) is 0. The molecule has 252 valence electrons. The van der Waals surface area contributed by atoms with E-state index in [9.17, 15) is 0 Å². The van der Waals surface area contributed by atoms with Gasteiger partial charge in [-0.05, 0) is 81.6 Å². The van der Waals surface area contributed by atoms with Crippen molar-refractivity contribution in [2.24, 2.45) is 0 Å². The summed E-state index contributed by atoms with van der Waals surface area (Å²) in [5.41, 5.74) is 10.3. The summed E-state index contributed by atoms with van der Waals surface area (Å²) in [5, 5.41) is 6.64. The zero-order valence-corrected chi connectivity index (χ0v) is 28.9. The normalized spacial score (nSPS) is 11.7. The van der Waals surface area contributed by atoms with E-state index in [0.717, 1.165) is 82.8 Å². The van der Waals surface area contributed by atoms with E-state index in [2.05, 4.69) is 127 Å². The lowest BCUT2D eigenvalue weighted by Crippen LogP contribution is -2.00. The van der Waals surface area contributed by atoms with Crippen molar-refractivity contribution in [3.63, 3.8) is 0 Å². The Labute approximate surface area is 309 Å². The molecular weight excluding hydrogens is 663 g/mol. The zero-order valence-electron chi connectivity index (χ0n) is 28.9. The fourth-order valence-electron chi connectivity index (χ4n) is 7.64. The van der Waals surface area contributed by atoms with Gasteiger partial charge in [0.2, 0.25) is 0 Å². The number of benzene rings is 8.